The maximum absolute atomic E-state index is 13.4. The molecule has 1 aliphatic carbocycles. The van der Waals surface area contributed by atoms with E-state index in [1.54, 1.807) is 24.4 Å². The molecule has 0 radical (unpaired) electrons. The zero-order chi connectivity index (χ0) is 19.1. The van der Waals surface area contributed by atoms with E-state index in [0.29, 0.717) is 22.9 Å². The Hall–Kier alpha value is -3.27. The Morgan fingerprint density at radius 1 is 1.18 bits per heavy atom. The molecular weight excluding hydrogens is 357 g/mol. The topological polar surface area (TPSA) is 78.8 Å². The first-order valence-corrected chi connectivity index (χ1v) is 9.37. The van der Waals surface area contributed by atoms with Gasteiger partial charge in [-0.1, -0.05) is 6.07 Å². The van der Waals surface area contributed by atoms with E-state index in [0.717, 1.165) is 38.2 Å². The summed E-state index contributed by atoms with van der Waals surface area (Å²) in [6.45, 7) is 1.83. The van der Waals surface area contributed by atoms with Crippen LogP contribution in [0.5, 0.6) is 0 Å². The smallest absolute Gasteiger partial charge is 0.247 e. The summed E-state index contributed by atoms with van der Waals surface area (Å²) < 4.78 is 19.3. The predicted molar refractivity (Wildman–Crippen MR) is 99.9 cm³/mol. The SMILES string of the molecule is N#Cc1ccc(N2CCC3(CC2)CC3c2nnc(-c3cccc(F)c3)o2)nc1. The van der Waals surface area contributed by atoms with Crippen molar-refractivity contribution in [3.8, 4) is 17.5 Å². The molecule has 1 saturated carbocycles. The Morgan fingerprint density at radius 3 is 2.75 bits per heavy atom. The molecule has 1 unspecified atom stereocenters. The van der Waals surface area contributed by atoms with Crippen LogP contribution in [0.3, 0.4) is 0 Å². The van der Waals surface area contributed by atoms with E-state index < -0.39 is 0 Å². The summed E-state index contributed by atoms with van der Waals surface area (Å²) in [4.78, 5) is 6.65. The minimum atomic E-state index is -0.316. The highest BCUT2D eigenvalue weighted by Gasteiger charge is 2.58. The Labute approximate surface area is 161 Å². The van der Waals surface area contributed by atoms with Gasteiger partial charge in [0.05, 0.1) is 5.56 Å². The molecule has 1 spiro atoms. The van der Waals surface area contributed by atoms with Crippen LogP contribution in [-0.4, -0.2) is 28.3 Å². The van der Waals surface area contributed by atoms with Gasteiger partial charge in [0.2, 0.25) is 11.8 Å². The van der Waals surface area contributed by atoms with Crippen molar-refractivity contribution >= 4 is 5.82 Å². The lowest BCUT2D eigenvalue weighted by Gasteiger charge is -2.33. The van der Waals surface area contributed by atoms with Crippen molar-refractivity contribution in [3.05, 3.63) is 59.9 Å². The minimum absolute atomic E-state index is 0.217. The molecule has 1 saturated heterocycles. The lowest BCUT2D eigenvalue weighted by Crippen LogP contribution is -2.35. The minimum Gasteiger partial charge on any atom is -0.420 e. The fraction of sp³-hybridized carbons (Fsp3) is 0.333. The first-order chi connectivity index (χ1) is 13.7. The van der Waals surface area contributed by atoms with Gasteiger partial charge in [0.25, 0.3) is 0 Å². The van der Waals surface area contributed by atoms with E-state index >= 15 is 0 Å². The number of rotatable bonds is 3. The zero-order valence-electron chi connectivity index (χ0n) is 15.2. The van der Waals surface area contributed by atoms with Crippen molar-refractivity contribution in [1.29, 1.82) is 5.26 Å². The Kier molecular flexibility index (Phi) is 3.86. The maximum atomic E-state index is 13.4. The number of nitrogens with zero attached hydrogens (tertiary/aromatic N) is 5. The second kappa shape index (κ2) is 6.41. The molecule has 5 rings (SSSR count). The van der Waals surface area contributed by atoms with E-state index in [-0.39, 0.29) is 17.2 Å². The molecule has 28 heavy (non-hydrogen) atoms. The Bertz CT molecular complexity index is 1050. The number of pyridine rings is 1. The van der Waals surface area contributed by atoms with Gasteiger partial charge in [-0.25, -0.2) is 9.37 Å². The average Bonchev–Trinajstić information content (AvgIpc) is 3.20. The molecule has 3 heterocycles. The van der Waals surface area contributed by atoms with Crippen molar-refractivity contribution in [2.75, 3.05) is 18.0 Å². The number of piperidine rings is 1. The van der Waals surface area contributed by atoms with E-state index in [1.807, 2.05) is 6.07 Å². The Balaban J connectivity index is 1.26. The lowest BCUT2D eigenvalue weighted by atomic mass is 9.91. The molecule has 0 N–H and O–H groups in total. The van der Waals surface area contributed by atoms with Gasteiger partial charge in [0, 0.05) is 30.8 Å². The second-order valence-electron chi connectivity index (χ2n) is 7.58. The van der Waals surface area contributed by atoms with E-state index in [2.05, 4.69) is 26.2 Å². The van der Waals surface area contributed by atoms with E-state index in [1.165, 1.54) is 12.1 Å². The number of benzene rings is 1. The summed E-state index contributed by atoms with van der Waals surface area (Å²) in [5, 5.41) is 17.2. The summed E-state index contributed by atoms with van der Waals surface area (Å²) >= 11 is 0. The highest BCUT2D eigenvalue weighted by atomic mass is 19.1. The van der Waals surface area contributed by atoms with Crippen LogP contribution in [0.4, 0.5) is 10.2 Å². The van der Waals surface area contributed by atoms with Crippen molar-refractivity contribution in [3.63, 3.8) is 0 Å². The molecule has 0 bridgehead atoms. The van der Waals surface area contributed by atoms with Crippen LogP contribution < -0.4 is 4.90 Å². The van der Waals surface area contributed by atoms with Gasteiger partial charge in [-0.3, -0.25) is 0 Å². The highest BCUT2D eigenvalue weighted by Crippen LogP contribution is 2.64. The molecule has 2 aliphatic rings. The van der Waals surface area contributed by atoms with Crippen molar-refractivity contribution in [2.45, 2.75) is 25.2 Å². The largest absolute Gasteiger partial charge is 0.420 e. The fourth-order valence-corrected chi connectivity index (χ4v) is 4.18. The quantitative estimate of drug-likeness (QED) is 0.690. The summed E-state index contributed by atoms with van der Waals surface area (Å²) in [5.74, 6) is 1.90. The third kappa shape index (κ3) is 2.91. The average molecular weight is 375 g/mol. The van der Waals surface area contributed by atoms with E-state index in [4.69, 9.17) is 9.68 Å². The number of halogens is 1. The second-order valence-corrected chi connectivity index (χ2v) is 7.58. The van der Waals surface area contributed by atoms with Crippen molar-refractivity contribution in [2.24, 2.45) is 5.41 Å². The van der Waals surface area contributed by atoms with Crippen molar-refractivity contribution < 1.29 is 8.81 Å². The summed E-state index contributed by atoms with van der Waals surface area (Å²) in [7, 11) is 0. The summed E-state index contributed by atoms with van der Waals surface area (Å²) in [6, 6.07) is 12.0. The van der Waals surface area contributed by atoms with Gasteiger partial charge in [-0.15, -0.1) is 10.2 Å². The maximum Gasteiger partial charge on any atom is 0.247 e. The number of anilines is 1. The fourth-order valence-electron chi connectivity index (χ4n) is 4.18. The molecule has 7 heteroatoms. The third-order valence-corrected chi connectivity index (χ3v) is 5.96. The first kappa shape index (κ1) is 16.9. The molecule has 140 valence electrons. The molecule has 1 aliphatic heterocycles. The molecule has 6 nitrogen and oxygen atoms in total. The van der Waals surface area contributed by atoms with E-state index in [9.17, 15) is 4.39 Å². The lowest BCUT2D eigenvalue weighted by molar-refractivity contribution is 0.352. The van der Waals surface area contributed by atoms with Gasteiger partial charge < -0.3 is 9.32 Å². The molecule has 1 aromatic carbocycles. The van der Waals surface area contributed by atoms with Gasteiger partial charge in [0.1, 0.15) is 17.7 Å². The molecule has 2 fully saturated rings. The van der Waals surface area contributed by atoms with Crippen LogP contribution in [0, 0.1) is 22.6 Å². The monoisotopic (exact) mass is 375 g/mol. The van der Waals surface area contributed by atoms with Crippen LogP contribution in [0.25, 0.3) is 11.5 Å². The van der Waals surface area contributed by atoms with Crippen LogP contribution in [-0.2, 0) is 0 Å². The standard InChI is InChI=1S/C21H18FN5O/c22-16-3-1-2-15(10-16)19-25-26-20(28-19)17-11-21(17)6-8-27(9-7-21)18-5-4-14(12-23)13-24-18/h1-5,10,13,17H,6-9,11H2. The number of hydrogen-bond donors (Lipinski definition) is 0. The van der Waals surface area contributed by atoms with Gasteiger partial charge >= 0.3 is 0 Å². The third-order valence-electron chi connectivity index (χ3n) is 5.96. The van der Waals surface area contributed by atoms with Gasteiger partial charge in [0.15, 0.2) is 0 Å². The molecule has 0 amide bonds. The summed E-state index contributed by atoms with van der Waals surface area (Å²) in [5.41, 5.74) is 1.40. The molecule has 2 aromatic heterocycles. The van der Waals surface area contributed by atoms with Gasteiger partial charge in [-0.05, 0) is 55.0 Å². The Morgan fingerprint density at radius 2 is 2.04 bits per heavy atom. The zero-order valence-corrected chi connectivity index (χ0v) is 15.2. The number of hydrogen-bond acceptors (Lipinski definition) is 6. The molecule has 1 atom stereocenters. The first-order valence-electron chi connectivity index (χ1n) is 9.37. The van der Waals surface area contributed by atoms with Crippen LogP contribution >= 0.6 is 0 Å². The van der Waals surface area contributed by atoms with Crippen LogP contribution in [0.1, 0.15) is 36.6 Å². The predicted octanol–water partition coefficient (Wildman–Crippen LogP) is 3.92. The van der Waals surface area contributed by atoms with Gasteiger partial charge in [-0.2, -0.15) is 5.26 Å². The van der Waals surface area contributed by atoms with Crippen molar-refractivity contribution in [1.82, 2.24) is 15.2 Å². The highest BCUT2D eigenvalue weighted by molar-refractivity contribution is 5.52. The van der Waals surface area contributed by atoms with Crippen LogP contribution in [0.2, 0.25) is 0 Å². The number of nitriles is 1. The molecular formula is C21H18FN5O. The number of aromatic nitrogens is 3. The van der Waals surface area contributed by atoms with Crippen LogP contribution in [0.15, 0.2) is 47.0 Å². The summed E-state index contributed by atoms with van der Waals surface area (Å²) in [6.07, 6.45) is 4.74. The normalized spacial score (nSPS) is 20.1. The molecule has 3 aromatic rings.